The van der Waals surface area contributed by atoms with Gasteiger partial charge in [0.05, 0.1) is 11.7 Å². The first kappa shape index (κ1) is 13.1. The molecule has 3 saturated carbocycles. The molecule has 4 fully saturated rings. The van der Waals surface area contributed by atoms with Crippen LogP contribution in [0.15, 0.2) is 0 Å². The van der Waals surface area contributed by atoms with Gasteiger partial charge in [-0.25, -0.2) is 0 Å². The van der Waals surface area contributed by atoms with Crippen LogP contribution in [0.4, 0.5) is 0 Å². The lowest BCUT2D eigenvalue weighted by Gasteiger charge is -2.31. The monoisotopic (exact) mass is 276 g/mol. The second-order valence-electron chi connectivity index (χ2n) is 8.77. The molecule has 1 heterocycles. The summed E-state index contributed by atoms with van der Waals surface area (Å²) in [7, 11) is 0. The molecule has 0 bridgehead atoms. The molecular weight excluding hydrogens is 248 g/mol. The normalized spacial score (nSPS) is 37.9. The maximum Gasteiger partial charge on any atom is 0.244 e. The smallest absolute Gasteiger partial charge is 0.244 e. The van der Waals surface area contributed by atoms with Gasteiger partial charge in [0.1, 0.15) is 0 Å². The lowest BCUT2D eigenvalue weighted by atomic mass is 10.0. The van der Waals surface area contributed by atoms with Gasteiger partial charge in [-0.15, -0.1) is 0 Å². The summed E-state index contributed by atoms with van der Waals surface area (Å²) in [6, 6.07) is 0.417. The van der Waals surface area contributed by atoms with Crippen LogP contribution in [-0.2, 0) is 4.79 Å². The van der Waals surface area contributed by atoms with Gasteiger partial charge < -0.3 is 4.90 Å². The van der Waals surface area contributed by atoms with Crippen molar-refractivity contribution in [3.05, 3.63) is 0 Å². The van der Waals surface area contributed by atoms with Gasteiger partial charge >= 0.3 is 0 Å². The van der Waals surface area contributed by atoms with Gasteiger partial charge in [0.15, 0.2) is 0 Å². The Balaban J connectivity index is 1.66. The first-order valence-electron chi connectivity index (χ1n) is 8.42. The Labute approximate surface area is 122 Å². The van der Waals surface area contributed by atoms with Gasteiger partial charge in [-0.3, -0.25) is 10.1 Å². The van der Waals surface area contributed by atoms with Gasteiger partial charge in [-0.2, -0.15) is 0 Å². The highest BCUT2D eigenvalue weighted by Gasteiger charge is 2.73. The molecule has 1 saturated heterocycles. The van der Waals surface area contributed by atoms with Crippen molar-refractivity contribution in [2.75, 3.05) is 0 Å². The molecule has 1 spiro atoms. The predicted octanol–water partition coefficient (Wildman–Crippen LogP) is 2.90. The van der Waals surface area contributed by atoms with E-state index in [0.717, 1.165) is 12.8 Å². The van der Waals surface area contributed by atoms with E-state index in [2.05, 4.69) is 37.9 Å². The van der Waals surface area contributed by atoms with Crippen molar-refractivity contribution in [1.29, 1.82) is 0 Å². The summed E-state index contributed by atoms with van der Waals surface area (Å²) in [5.74, 6) is 1.10. The summed E-state index contributed by atoms with van der Waals surface area (Å²) in [5.41, 5.74) is 0.352. The number of hydrogen-bond acceptors (Lipinski definition) is 2. The van der Waals surface area contributed by atoms with E-state index in [1.165, 1.54) is 25.7 Å². The standard InChI is InChI=1S/C17H28N2O/c1-15(2)13(16(15,3)4)19-12(11-7-5-6-8-11)18-17(9-10-17)14(19)20/h11-13,18H,5-10H2,1-4H3. The number of hydrogen-bond donors (Lipinski definition) is 1. The number of rotatable bonds is 2. The zero-order valence-electron chi connectivity index (χ0n) is 13.3. The minimum atomic E-state index is -0.151. The van der Waals surface area contributed by atoms with E-state index in [4.69, 9.17) is 0 Å². The maximum absolute atomic E-state index is 13.0. The van der Waals surface area contributed by atoms with Crippen molar-refractivity contribution >= 4 is 5.91 Å². The van der Waals surface area contributed by atoms with Crippen molar-refractivity contribution in [3.8, 4) is 0 Å². The molecule has 3 nitrogen and oxygen atoms in total. The minimum Gasteiger partial charge on any atom is -0.321 e. The highest BCUT2D eigenvalue weighted by atomic mass is 16.2. The summed E-state index contributed by atoms with van der Waals surface area (Å²) < 4.78 is 0. The van der Waals surface area contributed by atoms with Gasteiger partial charge in [-0.05, 0) is 42.4 Å². The van der Waals surface area contributed by atoms with Gasteiger partial charge in [0, 0.05) is 6.04 Å². The number of nitrogens with one attached hydrogen (secondary N) is 1. The van der Waals surface area contributed by atoms with Crippen LogP contribution in [0.25, 0.3) is 0 Å². The third-order valence-corrected chi connectivity index (χ3v) is 7.19. The molecule has 1 N–H and O–H groups in total. The predicted molar refractivity (Wildman–Crippen MR) is 79.0 cm³/mol. The van der Waals surface area contributed by atoms with Crippen LogP contribution in [-0.4, -0.2) is 28.6 Å². The van der Waals surface area contributed by atoms with Gasteiger partial charge in [-0.1, -0.05) is 40.5 Å². The number of nitrogens with zero attached hydrogens (tertiary/aromatic N) is 1. The molecule has 3 heteroatoms. The highest BCUT2D eigenvalue weighted by Crippen LogP contribution is 2.67. The van der Waals surface area contributed by atoms with Crippen molar-refractivity contribution in [2.45, 2.75) is 84.0 Å². The topological polar surface area (TPSA) is 32.3 Å². The van der Waals surface area contributed by atoms with E-state index in [1.54, 1.807) is 0 Å². The molecule has 4 aliphatic rings. The number of carbonyl (C=O) groups excluding carboxylic acids is 1. The summed E-state index contributed by atoms with van der Waals surface area (Å²) in [6.07, 6.45) is 7.71. The van der Waals surface area contributed by atoms with Gasteiger partial charge in [0.2, 0.25) is 5.91 Å². The summed E-state index contributed by atoms with van der Waals surface area (Å²) in [5, 5.41) is 3.76. The Kier molecular flexibility index (Phi) is 2.36. The van der Waals surface area contributed by atoms with E-state index >= 15 is 0 Å². The largest absolute Gasteiger partial charge is 0.321 e. The summed E-state index contributed by atoms with van der Waals surface area (Å²) in [4.78, 5) is 15.3. The van der Waals surface area contributed by atoms with Crippen molar-refractivity contribution in [3.63, 3.8) is 0 Å². The Hall–Kier alpha value is -0.570. The first-order chi connectivity index (χ1) is 9.31. The molecule has 0 aromatic carbocycles. The second kappa shape index (κ2) is 3.60. The SMILES string of the molecule is CC1(C)C(N2C(=O)C3(CC3)NC2C2CCCC2)C1(C)C. The van der Waals surface area contributed by atoms with Gasteiger partial charge in [0.25, 0.3) is 0 Å². The summed E-state index contributed by atoms with van der Waals surface area (Å²) in [6.45, 7) is 9.31. The zero-order valence-corrected chi connectivity index (χ0v) is 13.3. The maximum atomic E-state index is 13.0. The van der Waals surface area contributed by atoms with Crippen molar-refractivity contribution in [2.24, 2.45) is 16.7 Å². The molecule has 1 unspecified atom stereocenters. The fraction of sp³-hybridized carbons (Fsp3) is 0.941. The minimum absolute atomic E-state index is 0.151. The van der Waals surface area contributed by atoms with E-state index in [0.29, 0.717) is 24.0 Å². The quantitative estimate of drug-likeness (QED) is 0.841. The molecule has 1 atom stereocenters. The zero-order chi connectivity index (χ0) is 14.3. The molecule has 1 aliphatic heterocycles. The van der Waals surface area contributed by atoms with Crippen LogP contribution in [0.3, 0.4) is 0 Å². The van der Waals surface area contributed by atoms with Crippen molar-refractivity contribution < 1.29 is 4.79 Å². The van der Waals surface area contributed by atoms with Crippen molar-refractivity contribution in [1.82, 2.24) is 10.2 Å². The van der Waals surface area contributed by atoms with Crippen LogP contribution in [0.2, 0.25) is 0 Å². The second-order valence-corrected chi connectivity index (χ2v) is 8.77. The van der Waals surface area contributed by atoms with Crippen LogP contribution in [0.1, 0.15) is 66.2 Å². The number of amides is 1. The average Bonchev–Trinajstić information content (AvgIpc) is 3.01. The Morgan fingerprint density at radius 3 is 2.05 bits per heavy atom. The molecular formula is C17H28N2O. The summed E-state index contributed by atoms with van der Waals surface area (Å²) >= 11 is 0. The Morgan fingerprint density at radius 1 is 1.05 bits per heavy atom. The molecule has 0 radical (unpaired) electrons. The molecule has 4 rings (SSSR count). The molecule has 0 aromatic heterocycles. The molecule has 20 heavy (non-hydrogen) atoms. The Bertz CT molecular complexity index is 444. The molecule has 3 aliphatic carbocycles. The molecule has 112 valence electrons. The average molecular weight is 276 g/mol. The van der Waals surface area contributed by atoms with Crippen LogP contribution in [0.5, 0.6) is 0 Å². The Morgan fingerprint density at radius 2 is 1.60 bits per heavy atom. The molecule has 1 amide bonds. The highest BCUT2D eigenvalue weighted by molar-refractivity contribution is 5.92. The van der Waals surface area contributed by atoms with E-state index in [9.17, 15) is 4.79 Å². The third-order valence-electron chi connectivity index (χ3n) is 7.19. The van der Waals surface area contributed by atoms with E-state index in [1.807, 2.05) is 0 Å². The van der Waals surface area contributed by atoms with Crippen LogP contribution >= 0.6 is 0 Å². The van der Waals surface area contributed by atoms with E-state index in [-0.39, 0.29) is 16.4 Å². The fourth-order valence-corrected chi connectivity index (χ4v) is 5.02. The van der Waals surface area contributed by atoms with Crippen LogP contribution in [0, 0.1) is 16.7 Å². The molecule has 0 aromatic rings. The lowest BCUT2D eigenvalue weighted by Crippen LogP contribution is -2.45. The third kappa shape index (κ3) is 1.43. The van der Waals surface area contributed by atoms with Crippen LogP contribution < -0.4 is 5.32 Å². The lowest BCUT2D eigenvalue weighted by molar-refractivity contribution is -0.132. The first-order valence-corrected chi connectivity index (χ1v) is 8.42. The number of carbonyl (C=O) groups is 1. The van der Waals surface area contributed by atoms with E-state index < -0.39 is 0 Å². The fourth-order valence-electron chi connectivity index (χ4n) is 5.02.